The number of hydrogen-bond donors (Lipinski definition) is 1. The van der Waals surface area contributed by atoms with Crippen LogP contribution in [0.15, 0.2) is 48.5 Å². The van der Waals surface area contributed by atoms with Crippen LogP contribution in [0.5, 0.6) is 0 Å². The maximum atomic E-state index is 12.5. The van der Waals surface area contributed by atoms with Gasteiger partial charge in [0, 0.05) is 6.54 Å². The minimum absolute atomic E-state index is 0.618. The Morgan fingerprint density at radius 1 is 0.864 bits per heavy atom. The van der Waals surface area contributed by atoms with Crippen molar-refractivity contribution in [2.24, 2.45) is 0 Å². The molecular weight excluding hydrogens is 287 g/mol. The molecule has 2 rings (SSSR count). The Kier molecular flexibility index (Phi) is 5.61. The molecule has 118 valence electrons. The lowest BCUT2D eigenvalue weighted by atomic mass is 10.0. The number of benzene rings is 2. The van der Waals surface area contributed by atoms with Gasteiger partial charge in [-0.1, -0.05) is 49.7 Å². The predicted octanol–water partition coefficient (Wildman–Crippen LogP) is 5.26. The Hall–Kier alpha value is -1.81. The zero-order chi connectivity index (χ0) is 16.0. The van der Waals surface area contributed by atoms with Crippen molar-refractivity contribution >= 4 is 0 Å². The molecule has 0 bridgehead atoms. The van der Waals surface area contributed by atoms with Crippen LogP contribution in [0, 0.1) is 0 Å². The van der Waals surface area contributed by atoms with Crippen LogP contribution in [-0.4, -0.2) is 6.54 Å². The smallest absolute Gasteiger partial charge is 0.313 e. The van der Waals surface area contributed by atoms with Crippen LogP contribution >= 0.6 is 0 Å². The van der Waals surface area contributed by atoms with Gasteiger partial charge in [-0.15, -0.1) is 0 Å². The van der Waals surface area contributed by atoms with Gasteiger partial charge in [-0.3, -0.25) is 0 Å². The minimum atomic E-state index is -4.29. The lowest BCUT2D eigenvalue weighted by molar-refractivity contribution is -0.137. The van der Waals surface area contributed by atoms with E-state index in [1.54, 1.807) is 0 Å². The molecule has 0 saturated carbocycles. The highest BCUT2D eigenvalue weighted by Crippen LogP contribution is 2.30. The van der Waals surface area contributed by atoms with Crippen molar-refractivity contribution in [1.29, 1.82) is 0 Å². The highest BCUT2D eigenvalue weighted by molar-refractivity contribution is 5.64. The molecule has 0 aromatic heterocycles. The van der Waals surface area contributed by atoms with E-state index < -0.39 is 11.7 Å². The number of hydrogen-bond acceptors (Lipinski definition) is 1. The van der Waals surface area contributed by atoms with Crippen LogP contribution < -0.4 is 5.32 Å². The van der Waals surface area contributed by atoms with Gasteiger partial charge >= 0.3 is 6.18 Å². The summed E-state index contributed by atoms with van der Waals surface area (Å²) in [6.45, 7) is 3.96. The summed E-state index contributed by atoms with van der Waals surface area (Å²) in [5.41, 5.74) is 2.27. The van der Waals surface area contributed by atoms with Crippen LogP contribution in [-0.2, 0) is 12.7 Å². The van der Waals surface area contributed by atoms with Crippen molar-refractivity contribution in [1.82, 2.24) is 5.32 Å². The van der Waals surface area contributed by atoms with Gasteiger partial charge in [-0.25, -0.2) is 0 Å². The van der Waals surface area contributed by atoms with E-state index in [2.05, 4.69) is 12.2 Å². The highest BCUT2D eigenvalue weighted by Gasteiger charge is 2.29. The molecule has 1 nitrogen and oxygen atoms in total. The summed E-state index contributed by atoms with van der Waals surface area (Å²) in [5, 5.41) is 3.36. The monoisotopic (exact) mass is 307 g/mol. The molecule has 0 aliphatic heterocycles. The van der Waals surface area contributed by atoms with Gasteiger partial charge in [-0.05, 0) is 41.8 Å². The van der Waals surface area contributed by atoms with Gasteiger partial charge in [0.1, 0.15) is 0 Å². The summed E-state index contributed by atoms with van der Waals surface area (Å²) >= 11 is 0. The third-order valence-corrected chi connectivity index (χ3v) is 3.54. The lowest BCUT2D eigenvalue weighted by Gasteiger charge is -2.09. The van der Waals surface area contributed by atoms with Crippen LogP contribution in [0.1, 0.15) is 30.9 Å². The third-order valence-electron chi connectivity index (χ3n) is 3.54. The number of nitrogens with one attached hydrogen (secondary N) is 1. The molecule has 0 heterocycles. The first-order chi connectivity index (χ1) is 10.5. The molecule has 0 fully saturated rings. The number of unbranched alkanes of at least 4 members (excludes halogenated alkanes) is 1. The fraction of sp³-hybridized carbons (Fsp3) is 0.333. The van der Waals surface area contributed by atoms with E-state index in [0.717, 1.165) is 42.8 Å². The van der Waals surface area contributed by atoms with Gasteiger partial charge in [-0.2, -0.15) is 13.2 Å². The Balaban J connectivity index is 2.01. The van der Waals surface area contributed by atoms with Gasteiger partial charge in [0.2, 0.25) is 0 Å². The second-order valence-electron chi connectivity index (χ2n) is 5.30. The highest BCUT2D eigenvalue weighted by atomic mass is 19.4. The maximum absolute atomic E-state index is 12.5. The Morgan fingerprint density at radius 3 is 1.91 bits per heavy atom. The molecule has 2 aromatic carbocycles. The summed E-state index contributed by atoms with van der Waals surface area (Å²) in [6.07, 6.45) is -1.96. The number of alkyl halides is 3. The first kappa shape index (κ1) is 16.6. The summed E-state index contributed by atoms with van der Waals surface area (Å²) < 4.78 is 37.6. The zero-order valence-electron chi connectivity index (χ0n) is 12.6. The molecule has 0 atom stereocenters. The fourth-order valence-electron chi connectivity index (χ4n) is 2.20. The van der Waals surface area contributed by atoms with E-state index in [4.69, 9.17) is 0 Å². The molecule has 0 amide bonds. The van der Waals surface area contributed by atoms with E-state index in [1.807, 2.05) is 24.3 Å². The van der Waals surface area contributed by atoms with Gasteiger partial charge < -0.3 is 5.32 Å². The first-order valence-corrected chi connectivity index (χ1v) is 7.48. The molecule has 22 heavy (non-hydrogen) atoms. The van der Waals surface area contributed by atoms with E-state index in [9.17, 15) is 13.2 Å². The van der Waals surface area contributed by atoms with Crippen molar-refractivity contribution in [3.8, 4) is 11.1 Å². The van der Waals surface area contributed by atoms with Gasteiger partial charge in [0.05, 0.1) is 5.56 Å². The third kappa shape index (κ3) is 4.60. The van der Waals surface area contributed by atoms with E-state index in [0.29, 0.717) is 0 Å². The van der Waals surface area contributed by atoms with Crippen molar-refractivity contribution < 1.29 is 13.2 Å². The molecule has 4 heteroatoms. The quantitative estimate of drug-likeness (QED) is 0.718. The normalized spacial score (nSPS) is 11.6. The summed E-state index contributed by atoms with van der Waals surface area (Å²) in [5.74, 6) is 0. The van der Waals surface area contributed by atoms with Crippen LogP contribution in [0.3, 0.4) is 0 Å². The van der Waals surface area contributed by atoms with Crippen molar-refractivity contribution in [2.45, 2.75) is 32.5 Å². The molecule has 0 aliphatic rings. The van der Waals surface area contributed by atoms with Crippen molar-refractivity contribution in [3.05, 3.63) is 59.7 Å². The first-order valence-electron chi connectivity index (χ1n) is 7.48. The molecule has 0 unspecified atom stereocenters. The molecule has 0 spiro atoms. The summed E-state index contributed by atoms with van der Waals surface area (Å²) in [7, 11) is 0. The molecule has 0 saturated heterocycles. The average molecular weight is 307 g/mol. The largest absolute Gasteiger partial charge is 0.416 e. The summed E-state index contributed by atoms with van der Waals surface area (Å²) in [4.78, 5) is 0. The predicted molar refractivity (Wildman–Crippen MR) is 83.5 cm³/mol. The number of halogens is 3. The minimum Gasteiger partial charge on any atom is -0.313 e. The van der Waals surface area contributed by atoms with E-state index in [1.165, 1.54) is 24.1 Å². The molecule has 2 aromatic rings. The van der Waals surface area contributed by atoms with Crippen LogP contribution in [0.2, 0.25) is 0 Å². The van der Waals surface area contributed by atoms with Crippen LogP contribution in [0.4, 0.5) is 13.2 Å². The Bertz CT molecular complexity index is 571. The fourth-order valence-corrected chi connectivity index (χ4v) is 2.20. The SMILES string of the molecule is CCCCNCc1ccc(-c2ccc(C(F)(F)F)cc2)cc1. The van der Waals surface area contributed by atoms with Crippen LogP contribution in [0.25, 0.3) is 11.1 Å². The molecular formula is C18H20F3N. The second kappa shape index (κ2) is 7.45. The van der Waals surface area contributed by atoms with E-state index >= 15 is 0 Å². The lowest BCUT2D eigenvalue weighted by Crippen LogP contribution is -2.14. The van der Waals surface area contributed by atoms with Crippen molar-refractivity contribution in [3.63, 3.8) is 0 Å². The average Bonchev–Trinajstić information content (AvgIpc) is 2.51. The van der Waals surface area contributed by atoms with Gasteiger partial charge in [0.15, 0.2) is 0 Å². The van der Waals surface area contributed by atoms with Crippen molar-refractivity contribution in [2.75, 3.05) is 6.54 Å². The topological polar surface area (TPSA) is 12.0 Å². The Morgan fingerprint density at radius 2 is 1.41 bits per heavy atom. The standard InChI is InChI=1S/C18H20F3N/c1-2-3-12-22-13-14-4-6-15(7-5-14)16-8-10-17(11-9-16)18(19,20)21/h4-11,22H,2-3,12-13H2,1H3. The molecule has 0 radical (unpaired) electrons. The maximum Gasteiger partial charge on any atom is 0.416 e. The zero-order valence-corrected chi connectivity index (χ0v) is 12.6. The Labute approximate surface area is 129 Å². The van der Waals surface area contributed by atoms with E-state index in [-0.39, 0.29) is 0 Å². The molecule has 1 N–H and O–H groups in total. The second-order valence-corrected chi connectivity index (χ2v) is 5.30. The van der Waals surface area contributed by atoms with Gasteiger partial charge in [0.25, 0.3) is 0 Å². The number of rotatable bonds is 6. The molecule has 0 aliphatic carbocycles. The summed E-state index contributed by atoms with van der Waals surface area (Å²) in [6, 6.07) is 13.2.